The molecule has 7 rings (SSSR count). The van der Waals surface area contributed by atoms with Crippen molar-refractivity contribution >= 4 is 5.78 Å². The van der Waals surface area contributed by atoms with Crippen molar-refractivity contribution in [1.82, 2.24) is 0 Å². The Morgan fingerprint density at radius 1 is 1.07 bits per heavy atom. The molecule has 0 spiro atoms. The average Bonchev–Trinajstić information content (AvgIpc) is 3.63. The van der Waals surface area contributed by atoms with E-state index in [2.05, 4.69) is 52.0 Å². The Hall–Kier alpha value is -2.23. The molecule has 5 nitrogen and oxygen atoms in total. The smallest absolute Gasteiger partial charge is 0.155 e. The van der Waals surface area contributed by atoms with Crippen LogP contribution in [-0.2, 0) is 4.79 Å². The van der Waals surface area contributed by atoms with Gasteiger partial charge >= 0.3 is 0 Å². The van der Waals surface area contributed by atoms with Gasteiger partial charge in [0.1, 0.15) is 5.60 Å². The van der Waals surface area contributed by atoms with E-state index in [9.17, 15) is 25.2 Å². The molecule has 0 bridgehead atoms. The molecule has 0 heterocycles. The van der Waals surface area contributed by atoms with Crippen LogP contribution < -0.4 is 0 Å². The summed E-state index contributed by atoms with van der Waals surface area (Å²) in [6.07, 6.45) is 28.9. The molecule has 12 atom stereocenters. The van der Waals surface area contributed by atoms with Gasteiger partial charge in [-0.05, 0) is 168 Å². The maximum atomic E-state index is 11.8. The minimum atomic E-state index is -0.973. The molecule has 0 aromatic heterocycles. The van der Waals surface area contributed by atoms with E-state index in [1.807, 2.05) is 19.9 Å². The van der Waals surface area contributed by atoms with E-state index in [1.54, 1.807) is 5.57 Å². The fraction of sp³-hybridized carbons (Fsp3) is 0.735. The van der Waals surface area contributed by atoms with Gasteiger partial charge < -0.3 is 20.4 Å². The molecule has 6 fully saturated rings. The normalized spacial score (nSPS) is 42.6. The van der Waals surface area contributed by atoms with Crippen LogP contribution in [0.4, 0.5) is 0 Å². The summed E-state index contributed by atoms with van der Waals surface area (Å²) in [5.74, 6) is 7.23. The first kappa shape index (κ1) is 41.4. The van der Waals surface area contributed by atoms with Crippen molar-refractivity contribution in [3.8, 4) is 12.3 Å². The number of allylic oxidation sites excluding steroid dienone is 5. The monoisotopic (exact) mass is 741 g/mol. The molecule has 298 valence electrons. The summed E-state index contributed by atoms with van der Waals surface area (Å²) in [7, 11) is 0. The summed E-state index contributed by atoms with van der Waals surface area (Å²) >= 11 is 0. The maximum absolute atomic E-state index is 11.8. The van der Waals surface area contributed by atoms with Crippen LogP contribution in [0.2, 0.25) is 0 Å². The molecule has 0 aromatic rings. The molecule has 0 amide bonds. The van der Waals surface area contributed by atoms with Crippen LogP contribution in [0.25, 0.3) is 0 Å². The van der Waals surface area contributed by atoms with Crippen molar-refractivity contribution in [2.24, 2.45) is 52.3 Å². The van der Waals surface area contributed by atoms with Gasteiger partial charge in [-0.2, -0.15) is 0 Å². The Kier molecular flexibility index (Phi) is 12.2. The van der Waals surface area contributed by atoms with Crippen LogP contribution >= 0.6 is 0 Å². The number of carbonyl (C=O) groups is 1. The number of fused-ring (bicyclic) bond motifs is 6. The van der Waals surface area contributed by atoms with E-state index in [-0.39, 0.29) is 5.41 Å². The van der Waals surface area contributed by atoms with Crippen molar-refractivity contribution < 1.29 is 25.2 Å². The zero-order valence-electron chi connectivity index (χ0n) is 34.3. The third-order valence-electron chi connectivity index (χ3n) is 16.4. The topological polar surface area (TPSA) is 98.0 Å². The fourth-order valence-electron chi connectivity index (χ4n) is 13.6. The lowest BCUT2D eigenvalue weighted by molar-refractivity contribution is -0.116. The van der Waals surface area contributed by atoms with Gasteiger partial charge in [0.15, 0.2) is 5.78 Å². The quantitative estimate of drug-likeness (QED) is 0.154. The number of rotatable bonds is 7. The van der Waals surface area contributed by atoms with Crippen LogP contribution in [0.3, 0.4) is 0 Å². The Balaban J connectivity index is 0.000000188. The highest BCUT2D eigenvalue weighted by Crippen LogP contribution is 2.67. The van der Waals surface area contributed by atoms with E-state index < -0.39 is 23.4 Å². The van der Waals surface area contributed by atoms with Gasteiger partial charge in [0.25, 0.3) is 0 Å². The molecule has 0 radical (unpaired) electrons. The standard InChI is InChI=1S/C27H44O3.C22H28O2/c1-18(8-6-14-26(3,4)30)23-12-13-24-20(9-7-15-27(23,24)5)10-11-21-16-22(28)17-25(29)19(21)2;1-4-21-13-14(3)20-17-9-7-16(23)12-15(17)6-8-18(20)19(21)10-11-22(21,24)5-2/h10-11,18,22-25,28-30H,2,6-9,12-17H2,1,3-5H3;2,12,17-20,24H,3-4,6-11,13H2,1H3/b20-10+,21-11-;/t18-,22-,23-,24+,25+,27-;17-,18-,19-,20+,21-,22-/m10/s1. The van der Waals surface area contributed by atoms with Gasteiger partial charge in [0.2, 0.25) is 0 Å². The van der Waals surface area contributed by atoms with Crippen LogP contribution in [0, 0.1) is 64.6 Å². The third kappa shape index (κ3) is 7.73. The average molecular weight is 741 g/mol. The zero-order chi connectivity index (χ0) is 39.2. The van der Waals surface area contributed by atoms with Crippen LogP contribution in [0.1, 0.15) is 150 Å². The Morgan fingerprint density at radius 3 is 2.54 bits per heavy atom. The van der Waals surface area contributed by atoms with Gasteiger partial charge in [0.05, 0.1) is 17.8 Å². The summed E-state index contributed by atoms with van der Waals surface area (Å²) < 4.78 is 0. The summed E-state index contributed by atoms with van der Waals surface area (Å²) in [5, 5.41) is 41.4. The summed E-state index contributed by atoms with van der Waals surface area (Å²) in [4.78, 5) is 11.8. The Morgan fingerprint density at radius 2 is 1.83 bits per heavy atom. The van der Waals surface area contributed by atoms with Crippen molar-refractivity contribution in [1.29, 1.82) is 0 Å². The number of hydrogen-bond donors (Lipinski definition) is 4. The molecule has 6 saturated carbocycles. The van der Waals surface area contributed by atoms with E-state index in [0.717, 1.165) is 74.9 Å². The molecule has 5 heteroatoms. The maximum Gasteiger partial charge on any atom is 0.155 e. The second-order valence-electron chi connectivity index (χ2n) is 19.9. The van der Waals surface area contributed by atoms with Crippen molar-refractivity contribution in [2.75, 3.05) is 0 Å². The Bertz CT molecular complexity index is 1580. The molecule has 0 aromatic carbocycles. The van der Waals surface area contributed by atoms with Crippen LogP contribution in [0.5, 0.6) is 0 Å². The lowest BCUT2D eigenvalue weighted by Crippen LogP contribution is -2.54. The number of aliphatic hydroxyl groups excluding tert-OH is 2. The van der Waals surface area contributed by atoms with Crippen molar-refractivity contribution in [3.05, 3.63) is 59.3 Å². The molecular weight excluding hydrogens is 669 g/mol. The summed E-state index contributed by atoms with van der Waals surface area (Å²) in [6.45, 7) is 19.5. The second kappa shape index (κ2) is 16.0. The number of aliphatic hydroxyl groups is 4. The van der Waals surface area contributed by atoms with Crippen LogP contribution in [-0.4, -0.2) is 49.6 Å². The zero-order valence-corrected chi connectivity index (χ0v) is 34.3. The summed E-state index contributed by atoms with van der Waals surface area (Å²) in [5.41, 5.74) is 4.65. The second-order valence-corrected chi connectivity index (χ2v) is 19.9. The predicted molar refractivity (Wildman–Crippen MR) is 219 cm³/mol. The minimum absolute atomic E-state index is 0.189. The molecule has 7 aliphatic carbocycles. The van der Waals surface area contributed by atoms with Crippen molar-refractivity contribution in [3.63, 3.8) is 0 Å². The first-order chi connectivity index (χ1) is 25.5. The molecule has 0 unspecified atom stereocenters. The number of terminal acetylenes is 1. The lowest BCUT2D eigenvalue weighted by Gasteiger charge is -2.56. The fourth-order valence-corrected chi connectivity index (χ4v) is 13.6. The van der Waals surface area contributed by atoms with Gasteiger partial charge in [-0.3, -0.25) is 4.79 Å². The van der Waals surface area contributed by atoms with E-state index in [4.69, 9.17) is 6.42 Å². The SMILES string of the molecule is C#C[C@]1(O)CC[C@H]2[C@@H]3CCC4=CC(=O)CC[C@@H]4[C@H]3C(=C)C[C@@]21CC.C=C1/C(=C\C=C2/CCC[C@]3(C)[C@@H]([C@H](C)CCCC(C)(C)O)CC[C@@H]23)C[C@@H](O)C[C@@H]1O. The largest absolute Gasteiger partial charge is 0.393 e. The van der Waals surface area contributed by atoms with Gasteiger partial charge in [-0.1, -0.05) is 81.6 Å². The highest BCUT2D eigenvalue weighted by Gasteiger charge is 2.64. The van der Waals surface area contributed by atoms with E-state index >= 15 is 0 Å². The molecule has 0 aliphatic heterocycles. The molecule has 4 N–H and O–H groups in total. The predicted octanol–water partition coefficient (Wildman–Crippen LogP) is 9.75. The first-order valence-corrected chi connectivity index (χ1v) is 21.7. The van der Waals surface area contributed by atoms with Crippen LogP contribution in [0.15, 0.2) is 59.3 Å². The highest BCUT2D eigenvalue weighted by atomic mass is 16.3. The first-order valence-electron chi connectivity index (χ1n) is 21.7. The van der Waals surface area contributed by atoms with Gasteiger partial charge in [-0.25, -0.2) is 0 Å². The third-order valence-corrected chi connectivity index (χ3v) is 16.4. The van der Waals surface area contributed by atoms with Crippen molar-refractivity contribution in [2.45, 2.75) is 174 Å². The summed E-state index contributed by atoms with van der Waals surface area (Å²) in [6, 6.07) is 0. The van der Waals surface area contributed by atoms with E-state index in [0.29, 0.717) is 66.0 Å². The number of ketones is 1. The minimum Gasteiger partial charge on any atom is -0.393 e. The number of hydrogen-bond acceptors (Lipinski definition) is 5. The molecule has 7 aliphatic rings. The Labute approximate surface area is 327 Å². The lowest BCUT2D eigenvalue weighted by atomic mass is 9.48. The van der Waals surface area contributed by atoms with Gasteiger partial charge in [0, 0.05) is 18.3 Å². The van der Waals surface area contributed by atoms with Gasteiger partial charge in [-0.15, -0.1) is 6.42 Å². The molecule has 0 saturated heterocycles. The molecule has 54 heavy (non-hydrogen) atoms. The molecular formula is C49H72O5. The van der Waals surface area contributed by atoms with E-state index in [1.165, 1.54) is 49.7 Å². The number of carbonyl (C=O) groups excluding carboxylic acids is 1. The highest BCUT2D eigenvalue weighted by molar-refractivity contribution is 5.91.